The molecule has 1 saturated heterocycles. The number of aliphatic hydroxyl groups excluding tert-OH is 3. The Bertz CT molecular complexity index is 241. The monoisotopic (exact) mass is 222 g/mol. The summed E-state index contributed by atoms with van der Waals surface area (Å²) in [5, 5.41) is 27.9. The van der Waals surface area contributed by atoms with Gasteiger partial charge in [0, 0.05) is 0 Å². The maximum atomic E-state index is 10.9. The van der Waals surface area contributed by atoms with E-state index in [1.807, 2.05) is 5.73 Å². The zero-order chi connectivity index (χ0) is 12.1. The first kappa shape index (κ1) is 10.8. The molecule has 0 saturated carbocycles. The largest absolute Gasteiger partial charge is 0.462 e. The molecule has 1 fully saturated rings. The Morgan fingerprint density at radius 2 is 2.27 bits per heavy atom. The van der Waals surface area contributed by atoms with Crippen LogP contribution in [0.15, 0.2) is 0 Å². The van der Waals surface area contributed by atoms with Crippen molar-refractivity contribution in [2.24, 2.45) is 5.73 Å². The SMILES string of the molecule is [2H]NCC(=O)OC[C@H]1OC[C@H](O)[C@@H](O)[C@@H]1O. The molecule has 15 heavy (non-hydrogen) atoms. The second kappa shape index (κ2) is 5.38. The quantitative estimate of drug-likeness (QED) is 0.373. The van der Waals surface area contributed by atoms with E-state index < -0.39 is 30.4 Å². The third kappa shape index (κ3) is 3.11. The summed E-state index contributed by atoms with van der Waals surface area (Å²) in [4.78, 5) is 10.9. The van der Waals surface area contributed by atoms with E-state index in [0.717, 1.165) is 0 Å². The normalized spacial score (nSPS) is 37.1. The summed E-state index contributed by atoms with van der Waals surface area (Å²) in [6.07, 6.45) is -4.63. The van der Waals surface area contributed by atoms with E-state index >= 15 is 0 Å². The van der Waals surface area contributed by atoms with E-state index in [1.54, 1.807) is 0 Å². The van der Waals surface area contributed by atoms with E-state index in [1.165, 1.54) is 0 Å². The van der Waals surface area contributed by atoms with E-state index in [4.69, 9.17) is 11.3 Å². The van der Waals surface area contributed by atoms with Gasteiger partial charge in [0.05, 0.1) is 13.2 Å². The first-order chi connectivity index (χ1) is 7.56. The molecule has 88 valence electrons. The van der Waals surface area contributed by atoms with Crippen molar-refractivity contribution < 1.29 is 31.0 Å². The lowest BCUT2D eigenvalue weighted by molar-refractivity contribution is -0.200. The van der Waals surface area contributed by atoms with Crippen LogP contribution in [0.1, 0.15) is 0 Å². The molecule has 0 aromatic carbocycles. The summed E-state index contributed by atoms with van der Waals surface area (Å²) in [6, 6.07) is 0. The van der Waals surface area contributed by atoms with Crippen LogP contribution in [-0.4, -0.2) is 65.5 Å². The van der Waals surface area contributed by atoms with Gasteiger partial charge in [0.2, 0.25) is 0 Å². The number of carbonyl (C=O) groups excluding carboxylic acids is 1. The van der Waals surface area contributed by atoms with Gasteiger partial charge in [-0.3, -0.25) is 4.79 Å². The molecule has 1 rings (SSSR count). The second-order valence-electron chi connectivity index (χ2n) is 3.28. The van der Waals surface area contributed by atoms with Crippen LogP contribution in [0.4, 0.5) is 0 Å². The summed E-state index contributed by atoms with van der Waals surface area (Å²) < 4.78 is 16.2. The molecule has 1 aliphatic heterocycles. The average Bonchev–Trinajstić information content (AvgIpc) is 2.25. The zero-order valence-electron chi connectivity index (χ0n) is 9.00. The van der Waals surface area contributed by atoms with Gasteiger partial charge < -0.3 is 30.5 Å². The molecular formula is C8H15NO6. The number of hydrogen-bond acceptors (Lipinski definition) is 7. The molecule has 0 unspecified atom stereocenters. The molecule has 1 heterocycles. The number of hydrogen-bond donors (Lipinski definition) is 4. The standard InChI is InChI=1S/C8H15NO6/c9-1-6(11)15-3-5-8(13)7(12)4(10)2-14-5/h4-5,7-8,10,12-13H,1-3,9H2/t4-,5+,7+,8+/m0/s1/i/hD. The molecule has 0 radical (unpaired) electrons. The van der Waals surface area contributed by atoms with Gasteiger partial charge in [-0.05, 0) is 0 Å². The van der Waals surface area contributed by atoms with Crippen molar-refractivity contribution in [2.45, 2.75) is 24.4 Å². The van der Waals surface area contributed by atoms with Crippen molar-refractivity contribution in [3.63, 3.8) is 0 Å². The van der Waals surface area contributed by atoms with Gasteiger partial charge in [-0.15, -0.1) is 0 Å². The number of nitrogens with two attached hydrogens (primary N) is 1. The van der Waals surface area contributed by atoms with Crippen LogP contribution in [0.3, 0.4) is 0 Å². The lowest BCUT2D eigenvalue weighted by atomic mass is 10.0. The van der Waals surface area contributed by atoms with Gasteiger partial charge in [0.1, 0.15) is 32.4 Å². The van der Waals surface area contributed by atoms with Crippen LogP contribution in [0.2, 0.25) is 1.41 Å². The molecule has 0 spiro atoms. The minimum atomic E-state index is -1.31. The van der Waals surface area contributed by atoms with Crippen molar-refractivity contribution in [1.29, 1.82) is 0 Å². The van der Waals surface area contributed by atoms with Gasteiger partial charge in [-0.25, -0.2) is 0 Å². The molecule has 1 aliphatic rings. The Labute approximate surface area is 87.9 Å². The van der Waals surface area contributed by atoms with Gasteiger partial charge >= 0.3 is 5.97 Å². The Balaban J connectivity index is 2.34. The molecule has 0 bridgehead atoms. The fourth-order valence-corrected chi connectivity index (χ4v) is 1.24. The lowest BCUT2D eigenvalue weighted by Gasteiger charge is -2.34. The maximum Gasteiger partial charge on any atom is 0.319 e. The maximum absolute atomic E-state index is 10.9. The number of rotatable bonds is 4. The van der Waals surface area contributed by atoms with Crippen LogP contribution < -0.4 is 5.73 Å². The third-order valence-corrected chi connectivity index (χ3v) is 2.16. The molecule has 0 aromatic rings. The van der Waals surface area contributed by atoms with Gasteiger partial charge in [0.15, 0.2) is 0 Å². The highest BCUT2D eigenvalue weighted by molar-refractivity contribution is 5.71. The molecule has 0 aliphatic carbocycles. The predicted molar refractivity (Wildman–Crippen MR) is 47.8 cm³/mol. The summed E-state index contributed by atoms with van der Waals surface area (Å²) in [5.74, 6) is -0.661. The molecular weight excluding hydrogens is 206 g/mol. The molecule has 7 nitrogen and oxygen atoms in total. The lowest BCUT2D eigenvalue weighted by Crippen LogP contribution is -2.54. The average molecular weight is 222 g/mol. The Hall–Kier alpha value is -0.730. The number of carbonyl (C=O) groups is 1. The third-order valence-electron chi connectivity index (χ3n) is 2.16. The van der Waals surface area contributed by atoms with Gasteiger partial charge in [0.25, 0.3) is 0 Å². The zero-order valence-corrected chi connectivity index (χ0v) is 8.00. The topological polar surface area (TPSA) is 122 Å². The summed E-state index contributed by atoms with van der Waals surface area (Å²) in [5.41, 5.74) is 1.87. The second-order valence-corrected chi connectivity index (χ2v) is 3.28. The number of esters is 1. The molecule has 7 heteroatoms. The molecule has 0 amide bonds. The van der Waals surface area contributed by atoms with Crippen LogP contribution in [0.5, 0.6) is 0 Å². The molecule has 0 aromatic heterocycles. The fourth-order valence-electron chi connectivity index (χ4n) is 1.24. The van der Waals surface area contributed by atoms with Crippen molar-refractivity contribution in [1.82, 2.24) is 0 Å². The Morgan fingerprint density at radius 1 is 1.53 bits per heavy atom. The first-order valence-electron chi connectivity index (χ1n) is 5.02. The van der Waals surface area contributed by atoms with Crippen molar-refractivity contribution in [3.05, 3.63) is 0 Å². The van der Waals surface area contributed by atoms with Crippen LogP contribution in [-0.2, 0) is 14.3 Å². The summed E-state index contributed by atoms with van der Waals surface area (Å²) in [6.45, 7) is -0.628. The predicted octanol–water partition coefficient (Wildman–Crippen LogP) is -3.03. The fraction of sp³-hybridized carbons (Fsp3) is 0.875. The number of aliphatic hydroxyl groups is 3. The summed E-state index contributed by atoms with van der Waals surface area (Å²) >= 11 is 0. The smallest absolute Gasteiger partial charge is 0.319 e. The first-order valence-corrected chi connectivity index (χ1v) is 4.52. The minimum Gasteiger partial charge on any atom is -0.462 e. The van der Waals surface area contributed by atoms with Gasteiger partial charge in [-0.1, -0.05) is 0 Å². The van der Waals surface area contributed by atoms with E-state index in [-0.39, 0.29) is 19.8 Å². The van der Waals surface area contributed by atoms with Crippen molar-refractivity contribution in [3.8, 4) is 0 Å². The van der Waals surface area contributed by atoms with E-state index in [0.29, 0.717) is 0 Å². The van der Waals surface area contributed by atoms with E-state index in [2.05, 4.69) is 4.74 Å². The van der Waals surface area contributed by atoms with Crippen LogP contribution in [0, 0.1) is 0 Å². The molecule has 5 N–H and O–H groups in total. The highest BCUT2D eigenvalue weighted by atomic mass is 16.6. The van der Waals surface area contributed by atoms with Crippen LogP contribution in [0.25, 0.3) is 0 Å². The Morgan fingerprint density at radius 3 is 2.93 bits per heavy atom. The highest BCUT2D eigenvalue weighted by Gasteiger charge is 2.37. The van der Waals surface area contributed by atoms with Crippen LogP contribution >= 0.6 is 0 Å². The molecule has 4 atom stereocenters. The van der Waals surface area contributed by atoms with Crippen molar-refractivity contribution >= 4 is 5.97 Å². The van der Waals surface area contributed by atoms with E-state index in [9.17, 15) is 15.0 Å². The van der Waals surface area contributed by atoms with Crippen molar-refractivity contribution in [2.75, 3.05) is 19.8 Å². The summed E-state index contributed by atoms with van der Waals surface area (Å²) in [7, 11) is 0. The highest BCUT2D eigenvalue weighted by Crippen LogP contribution is 2.15. The number of ether oxygens (including phenoxy) is 2. The van der Waals surface area contributed by atoms with Gasteiger partial charge in [-0.2, -0.15) is 0 Å². The Kier molecular flexibility index (Phi) is 3.87. The minimum absolute atomic E-state index is 0.128.